The van der Waals surface area contributed by atoms with E-state index in [0.717, 1.165) is 15.5 Å². The normalized spacial score (nSPS) is 10.5. The van der Waals surface area contributed by atoms with E-state index in [4.69, 9.17) is 9.15 Å². The first-order valence-electron chi connectivity index (χ1n) is 6.99. The molecule has 0 unspecified atom stereocenters. The zero-order chi connectivity index (χ0) is 16.9. The third kappa shape index (κ3) is 3.54. The minimum absolute atomic E-state index is 0.145. The van der Waals surface area contributed by atoms with Crippen molar-refractivity contribution in [3.05, 3.63) is 54.5 Å². The van der Waals surface area contributed by atoms with Gasteiger partial charge in [0, 0.05) is 4.90 Å². The number of methoxy groups -OCH3 is 1. The van der Waals surface area contributed by atoms with Gasteiger partial charge < -0.3 is 9.15 Å². The Hall–Kier alpha value is -2.87. The van der Waals surface area contributed by atoms with Gasteiger partial charge in [-0.2, -0.15) is 0 Å². The molecule has 122 valence electrons. The molecule has 1 aromatic carbocycles. The molecule has 0 saturated heterocycles. The van der Waals surface area contributed by atoms with Crippen LogP contribution in [0.25, 0.3) is 0 Å². The first kappa shape index (κ1) is 16.0. The molecule has 0 fully saturated rings. The Morgan fingerprint density at radius 3 is 2.96 bits per heavy atom. The quantitative estimate of drug-likeness (QED) is 0.520. The molecule has 0 spiro atoms. The molecule has 0 amide bonds. The monoisotopic (exact) mass is 343 g/mol. The number of ether oxygens (including phenoxy) is 1. The summed E-state index contributed by atoms with van der Waals surface area (Å²) in [4.78, 5) is 29.4. The molecular weight excluding hydrogens is 330 g/mol. The number of carbonyl (C=O) groups excluding carboxylic acids is 2. The summed E-state index contributed by atoms with van der Waals surface area (Å²) in [6.07, 6.45) is 2.59. The van der Waals surface area contributed by atoms with Crippen LogP contribution in [0, 0.1) is 0 Å². The first-order chi connectivity index (χ1) is 11.7. The van der Waals surface area contributed by atoms with Gasteiger partial charge in [-0.1, -0.05) is 17.8 Å². The number of nitrogens with one attached hydrogen (secondary N) is 1. The number of hydrogen-bond acceptors (Lipinski definition) is 7. The van der Waals surface area contributed by atoms with Crippen LogP contribution in [0.3, 0.4) is 0 Å². The summed E-state index contributed by atoms with van der Waals surface area (Å²) in [6.45, 7) is 0. The molecule has 8 heteroatoms. The number of benzene rings is 1. The summed E-state index contributed by atoms with van der Waals surface area (Å²) < 4.78 is 10.5. The summed E-state index contributed by atoms with van der Waals surface area (Å²) in [6, 6.07) is 9.27. The maximum atomic E-state index is 12.1. The van der Waals surface area contributed by atoms with Crippen LogP contribution in [-0.2, 0) is 11.2 Å². The maximum Gasteiger partial charge on any atom is 0.268 e. The van der Waals surface area contributed by atoms with Gasteiger partial charge in [-0.15, -0.1) is 5.10 Å². The Morgan fingerprint density at radius 2 is 2.21 bits per heavy atom. The van der Waals surface area contributed by atoms with Crippen molar-refractivity contribution in [2.45, 2.75) is 16.2 Å². The fraction of sp³-hybridized carbons (Fsp3) is 0.125. The van der Waals surface area contributed by atoms with Gasteiger partial charge in [0.05, 0.1) is 24.7 Å². The highest BCUT2D eigenvalue weighted by Gasteiger charge is 2.22. The van der Waals surface area contributed by atoms with Gasteiger partial charge in [0.1, 0.15) is 17.8 Å². The molecule has 2 heterocycles. The lowest BCUT2D eigenvalue weighted by Gasteiger charge is -2.04. The van der Waals surface area contributed by atoms with Crippen LogP contribution in [0.4, 0.5) is 0 Å². The highest BCUT2D eigenvalue weighted by atomic mass is 32.2. The highest BCUT2D eigenvalue weighted by Crippen LogP contribution is 2.33. The van der Waals surface area contributed by atoms with Gasteiger partial charge >= 0.3 is 0 Å². The summed E-state index contributed by atoms with van der Waals surface area (Å²) in [5.74, 6) is -0.354. The van der Waals surface area contributed by atoms with Gasteiger partial charge in [0.2, 0.25) is 11.6 Å². The summed E-state index contributed by atoms with van der Waals surface area (Å²) in [5, 5.41) is 6.03. The summed E-state index contributed by atoms with van der Waals surface area (Å²) in [5.41, 5.74) is 0. The van der Waals surface area contributed by atoms with Gasteiger partial charge in [-0.05, 0) is 24.3 Å². The Morgan fingerprint density at radius 1 is 1.33 bits per heavy atom. The van der Waals surface area contributed by atoms with E-state index in [0.29, 0.717) is 5.76 Å². The average molecular weight is 343 g/mol. The zero-order valence-corrected chi connectivity index (χ0v) is 13.5. The van der Waals surface area contributed by atoms with E-state index in [1.807, 2.05) is 24.3 Å². The predicted octanol–water partition coefficient (Wildman–Crippen LogP) is 2.55. The van der Waals surface area contributed by atoms with Crippen LogP contribution < -0.4 is 4.74 Å². The van der Waals surface area contributed by atoms with Gasteiger partial charge in [0.25, 0.3) is 5.78 Å². The van der Waals surface area contributed by atoms with Gasteiger partial charge in [-0.25, -0.2) is 4.98 Å². The van der Waals surface area contributed by atoms with Gasteiger partial charge in [-0.3, -0.25) is 14.7 Å². The second-order valence-electron chi connectivity index (χ2n) is 4.74. The highest BCUT2D eigenvalue weighted by molar-refractivity contribution is 7.99. The van der Waals surface area contributed by atoms with E-state index < -0.39 is 11.6 Å². The molecule has 0 saturated carbocycles. The number of carbonyl (C=O) groups is 2. The van der Waals surface area contributed by atoms with Crippen molar-refractivity contribution < 1.29 is 18.7 Å². The number of H-pyrrole nitrogens is 1. The topological polar surface area (TPSA) is 98.1 Å². The fourth-order valence-corrected chi connectivity index (χ4v) is 2.94. The Bertz CT molecular complexity index is 858. The molecule has 1 N–H and O–H groups in total. The van der Waals surface area contributed by atoms with E-state index in [1.165, 1.54) is 24.4 Å². The van der Waals surface area contributed by atoms with E-state index in [-0.39, 0.29) is 12.2 Å². The van der Waals surface area contributed by atoms with Gasteiger partial charge in [0.15, 0.2) is 0 Å². The smallest absolute Gasteiger partial charge is 0.268 e. The third-order valence-electron chi connectivity index (χ3n) is 3.17. The standard InChI is InChI=1S/C16H13N3O4S/c1-22-10-3-2-4-11(7-10)24-14-5-6-23-13(14)8-12(20)15(21)16-17-9-18-19-16/h2-7,9H,8H2,1H3,(H,17,18,19). The summed E-state index contributed by atoms with van der Waals surface area (Å²) in [7, 11) is 1.60. The Kier molecular flexibility index (Phi) is 4.76. The molecule has 3 rings (SSSR count). The molecule has 3 aromatic rings. The Labute approximate surface area is 141 Å². The predicted molar refractivity (Wildman–Crippen MR) is 85.2 cm³/mol. The second-order valence-corrected chi connectivity index (χ2v) is 5.86. The molecule has 2 aromatic heterocycles. The number of nitrogens with zero attached hydrogens (tertiary/aromatic N) is 2. The van der Waals surface area contributed by atoms with Crippen LogP contribution >= 0.6 is 11.8 Å². The number of Topliss-reactive ketones (excluding diaryl/α,β-unsaturated/α-hetero) is 2. The minimum atomic E-state index is -0.745. The molecule has 24 heavy (non-hydrogen) atoms. The van der Waals surface area contributed by atoms with E-state index in [9.17, 15) is 9.59 Å². The molecule has 0 aliphatic heterocycles. The maximum absolute atomic E-state index is 12.1. The van der Waals surface area contributed by atoms with E-state index in [1.54, 1.807) is 13.2 Å². The number of aromatic nitrogens is 3. The Balaban J connectivity index is 1.73. The van der Waals surface area contributed by atoms with Crippen LogP contribution in [0.5, 0.6) is 5.75 Å². The molecule has 0 aliphatic rings. The lowest BCUT2D eigenvalue weighted by molar-refractivity contribution is -0.114. The van der Waals surface area contributed by atoms with Crippen LogP contribution in [0.1, 0.15) is 16.4 Å². The van der Waals surface area contributed by atoms with Crippen LogP contribution in [0.15, 0.2) is 57.1 Å². The molecule has 0 atom stereocenters. The van der Waals surface area contributed by atoms with E-state index in [2.05, 4.69) is 15.2 Å². The van der Waals surface area contributed by atoms with Crippen molar-refractivity contribution >= 4 is 23.3 Å². The molecular formula is C16H13N3O4S. The number of ketones is 2. The largest absolute Gasteiger partial charge is 0.497 e. The van der Waals surface area contributed by atoms with Crippen molar-refractivity contribution in [2.75, 3.05) is 7.11 Å². The second kappa shape index (κ2) is 7.14. The van der Waals surface area contributed by atoms with Crippen molar-refractivity contribution in [1.29, 1.82) is 0 Å². The van der Waals surface area contributed by atoms with Crippen molar-refractivity contribution in [1.82, 2.24) is 15.2 Å². The lowest BCUT2D eigenvalue weighted by atomic mass is 10.1. The van der Waals surface area contributed by atoms with E-state index >= 15 is 0 Å². The van der Waals surface area contributed by atoms with Crippen LogP contribution in [0.2, 0.25) is 0 Å². The zero-order valence-electron chi connectivity index (χ0n) is 12.7. The lowest BCUT2D eigenvalue weighted by Crippen LogP contribution is -2.18. The van der Waals surface area contributed by atoms with Crippen molar-refractivity contribution in [3.8, 4) is 5.75 Å². The molecule has 0 radical (unpaired) electrons. The van der Waals surface area contributed by atoms with Crippen molar-refractivity contribution in [2.24, 2.45) is 0 Å². The first-order valence-corrected chi connectivity index (χ1v) is 7.80. The SMILES string of the molecule is COc1cccc(Sc2ccoc2CC(=O)C(=O)c2nc[nH]n2)c1. The molecule has 7 nitrogen and oxygen atoms in total. The minimum Gasteiger partial charge on any atom is -0.497 e. The number of hydrogen-bond donors (Lipinski definition) is 1. The number of aromatic amines is 1. The average Bonchev–Trinajstić information content (AvgIpc) is 3.27. The van der Waals surface area contributed by atoms with Crippen molar-refractivity contribution in [3.63, 3.8) is 0 Å². The third-order valence-corrected chi connectivity index (χ3v) is 4.24. The fourth-order valence-electron chi connectivity index (χ4n) is 2.01. The number of furan rings is 1. The number of rotatable bonds is 7. The summed E-state index contributed by atoms with van der Waals surface area (Å²) >= 11 is 1.43. The molecule has 0 aliphatic carbocycles. The molecule has 0 bridgehead atoms. The van der Waals surface area contributed by atoms with Crippen LogP contribution in [-0.4, -0.2) is 33.9 Å².